The van der Waals surface area contributed by atoms with E-state index >= 15 is 0 Å². The Labute approximate surface area is 194 Å². The number of carboxylic acid groups (broad SMARTS) is 1. The topological polar surface area (TPSA) is 74.8 Å². The molecule has 0 radical (unpaired) electrons. The second kappa shape index (κ2) is 8.50. The summed E-state index contributed by atoms with van der Waals surface area (Å²) >= 11 is 0. The summed E-state index contributed by atoms with van der Waals surface area (Å²) in [6.07, 6.45) is 6.29. The van der Waals surface area contributed by atoms with Gasteiger partial charge < -0.3 is 19.6 Å². The van der Waals surface area contributed by atoms with Crippen LogP contribution in [-0.4, -0.2) is 46.8 Å². The molecule has 3 aromatic rings. The SMILES string of the molecule is CCO[C@@H]1C[C@H]2CCC(c3ccc(C(=O)O)cc3)(C1)N2Cc1c(OC)cc(C)c2[nH]ccc12. The number of fused-ring (bicyclic) bond motifs is 3. The zero-order chi connectivity index (χ0) is 23.2. The molecule has 2 bridgehead atoms. The van der Waals surface area contributed by atoms with Crippen molar-refractivity contribution in [1.82, 2.24) is 9.88 Å². The summed E-state index contributed by atoms with van der Waals surface area (Å²) in [4.78, 5) is 17.5. The van der Waals surface area contributed by atoms with E-state index < -0.39 is 5.97 Å². The van der Waals surface area contributed by atoms with Crippen molar-refractivity contribution >= 4 is 16.9 Å². The summed E-state index contributed by atoms with van der Waals surface area (Å²) in [5.41, 5.74) is 4.85. The van der Waals surface area contributed by atoms with Gasteiger partial charge in [-0.25, -0.2) is 4.79 Å². The molecular weight excluding hydrogens is 416 g/mol. The number of piperidine rings is 1. The normalized spacial score (nSPS) is 24.9. The molecule has 3 atom stereocenters. The monoisotopic (exact) mass is 448 g/mol. The van der Waals surface area contributed by atoms with Gasteiger partial charge in [-0.05, 0) is 74.9 Å². The number of rotatable bonds is 7. The molecule has 0 amide bonds. The Morgan fingerprint density at radius 2 is 2.06 bits per heavy atom. The molecule has 6 heteroatoms. The van der Waals surface area contributed by atoms with Crippen LogP contribution in [0, 0.1) is 6.92 Å². The highest BCUT2D eigenvalue weighted by Crippen LogP contribution is 2.52. The number of methoxy groups -OCH3 is 1. The highest BCUT2D eigenvalue weighted by atomic mass is 16.5. The lowest BCUT2D eigenvalue weighted by molar-refractivity contribution is -0.0593. The Bertz CT molecular complexity index is 1170. The van der Waals surface area contributed by atoms with Crippen molar-refractivity contribution in [2.45, 2.75) is 63.8 Å². The maximum absolute atomic E-state index is 11.4. The van der Waals surface area contributed by atoms with Gasteiger partial charge in [-0.3, -0.25) is 4.90 Å². The second-order valence-corrected chi connectivity index (χ2v) is 9.39. The molecule has 2 N–H and O–H groups in total. The van der Waals surface area contributed by atoms with Gasteiger partial charge in [0.1, 0.15) is 5.75 Å². The molecule has 174 valence electrons. The van der Waals surface area contributed by atoms with Crippen LogP contribution in [0.2, 0.25) is 0 Å². The van der Waals surface area contributed by atoms with E-state index in [-0.39, 0.29) is 11.6 Å². The zero-order valence-electron chi connectivity index (χ0n) is 19.6. The van der Waals surface area contributed by atoms with Gasteiger partial charge in [-0.1, -0.05) is 12.1 Å². The van der Waals surface area contributed by atoms with Gasteiger partial charge in [0.05, 0.1) is 18.8 Å². The summed E-state index contributed by atoms with van der Waals surface area (Å²) in [6.45, 7) is 5.65. The van der Waals surface area contributed by atoms with Crippen molar-refractivity contribution in [1.29, 1.82) is 0 Å². The number of benzene rings is 2. The van der Waals surface area contributed by atoms with Crippen LogP contribution in [0.4, 0.5) is 0 Å². The lowest BCUT2D eigenvalue weighted by atomic mass is 9.79. The molecule has 1 aromatic heterocycles. The lowest BCUT2D eigenvalue weighted by Crippen LogP contribution is -2.52. The number of nitrogens with zero attached hydrogens (tertiary/aromatic N) is 1. The number of aromatic nitrogens is 1. The Balaban J connectivity index is 1.59. The van der Waals surface area contributed by atoms with E-state index in [1.54, 1.807) is 19.2 Å². The average molecular weight is 449 g/mol. The standard InChI is InChI=1S/C27H32N2O4/c1-4-33-21-14-20-9-11-27(15-21,19-7-5-18(6-8-19)26(30)31)29(20)16-23-22-10-12-28-25(22)17(2)13-24(23)32-3/h5-8,10,12-13,20-21,28H,4,9,11,14-16H2,1-3H3,(H,30,31)/t20-,21-,27?/m1/s1. The molecule has 2 aliphatic rings. The number of aryl methyl sites for hydroxylation is 1. The minimum absolute atomic E-state index is 0.182. The number of ether oxygens (including phenoxy) is 2. The predicted molar refractivity (Wildman–Crippen MR) is 128 cm³/mol. The zero-order valence-corrected chi connectivity index (χ0v) is 19.6. The molecule has 2 aromatic carbocycles. The van der Waals surface area contributed by atoms with Crippen molar-refractivity contribution in [2.24, 2.45) is 0 Å². The van der Waals surface area contributed by atoms with Crippen LogP contribution in [0.1, 0.15) is 59.7 Å². The quantitative estimate of drug-likeness (QED) is 0.517. The molecule has 2 aliphatic heterocycles. The van der Waals surface area contributed by atoms with Crippen LogP contribution >= 0.6 is 0 Å². The molecule has 0 aliphatic carbocycles. The first-order valence-corrected chi connectivity index (χ1v) is 11.8. The van der Waals surface area contributed by atoms with Crippen molar-refractivity contribution in [2.75, 3.05) is 13.7 Å². The maximum Gasteiger partial charge on any atom is 0.335 e. The van der Waals surface area contributed by atoms with Gasteiger partial charge in [-0.15, -0.1) is 0 Å². The van der Waals surface area contributed by atoms with Crippen LogP contribution in [0.15, 0.2) is 42.6 Å². The first-order chi connectivity index (χ1) is 16.0. The number of hydrogen-bond acceptors (Lipinski definition) is 4. The summed E-state index contributed by atoms with van der Waals surface area (Å²) in [6, 6.07) is 12.2. The molecule has 2 fully saturated rings. The molecule has 2 saturated heterocycles. The number of nitrogens with one attached hydrogen (secondary N) is 1. The summed E-state index contributed by atoms with van der Waals surface area (Å²) < 4.78 is 12.0. The van der Waals surface area contributed by atoms with Crippen LogP contribution in [0.3, 0.4) is 0 Å². The first-order valence-electron chi connectivity index (χ1n) is 11.8. The van der Waals surface area contributed by atoms with Crippen LogP contribution in [0.25, 0.3) is 10.9 Å². The number of aromatic carboxylic acids is 1. The number of hydrogen-bond donors (Lipinski definition) is 2. The first kappa shape index (κ1) is 22.0. The molecule has 1 unspecified atom stereocenters. The Hall–Kier alpha value is -2.83. The number of aromatic amines is 1. The van der Waals surface area contributed by atoms with Crippen molar-refractivity contribution in [3.05, 3.63) is 64.8 Å². The minimum atomic E-state index is -0.893. The third-order valence-corrected chi connectivity index (χ3v) is 7.71. The van der Waals surface area contributed by atoms with E-state index in [2.05, 4.69) is 35.9 Å². The van der Waals surface area contributed by atoms with Crippen LogP contribution < -0.4 is 4.74 Å². The molecule has 6 nitrogen and oxygen atoms in total. The third kappa shape index (κ3) is 3.62. The van der Waals surface area contributed by atoms with Crippen LogP contribution in [0.5, 0.6) is 5.75 Å². The van der Waals surface area contributed by atoms with E-state index in [9.17, 15) is 9.90 Å². The van der Waals surface area contributed by atoms with E-state index in [0.717, 1.165) is 43.5 Å². The number of carboxylic acids is 1. The van der Waals surface area contributed by atoms with Gasteiger partial charge in [0.2, 0.25) is 0 Å². The minimum Gasteiger partial charge on any atom is -0.496 e. The average Bonchev–Trinajstić information content (AvgIpc) is 3.38. The van der Waals surface area contributed by atoms with Gasteiger partial charge in [-0.2, -0.15) is 0 Å². The fraction of sp³-hybridized carbons (Fsp3) is 0.444. The Morgan fingerprint density at radius 3 is 2.76 bits per heavy atom. The fourth-order valence-corrected chi connectivity index (χ4v) is 6.23. The molecule has 3 heterocycles. The van der Waals surface area contributed by atoms with Crippen molar-refractivity contribution in [3.8, 4) is 5.75 Å². The molecule has 0 spiro atoms. The smallest absolute Gasteiger partial charge is 0.335 e. The van der Waals surface area contributed by atoms with E-state index in [1.165, 1.54) is 22.1 Å². The van der Waals surface area contributed by atoms with E-state index in [1.807, 2.05) is 18.3 Å². The highest BCUT2D eigenvalue weighted by molar-refractivity contribution is 5.88. The van der Waals surface area contributed by atoms with Gasteiger partial charge in [0.25, 0.3) is 0 Å². The van der Waals surface area contributed by atoms with E-state index in [0.29, 0.717) is 18.2 Å². The number of H-pyrrole nitrogens is 1. The highest BCUT2D eigenvalue weighted by Gasteiger charge is 2.53. The molecule has 33 heavy (non-hydrogen) atoms. The predicted octanol–water partition coefficient (Wildman–Crippen LogP) is 5.24. The lowest BCUT2D eigenvalue weighted by Gasteiger charge is -2.48. The third-order valence-electron chi connectivity index (χ3n) is 7.71. The Morgan fingerprint density at radius 1 is 1.27 bits per heavy atom. The summed E-state index contributed by atoms with van der Waals surface area (Å²) in [5, 5.41) is 10.6. The molecular formula is C27H32N2O4. The summed E-state index contributed by atoms with van der Waals surface area (Å²) in [5.74, 6) is 0.0255. The summed E-state index contributed by atoms with van der Waals surface area (Å²) in [7, 11) is 1.74. The van der Waals surface area contributed by atoms with Gasteiger partial charge >= 0.3 is 5.97 Å². The van der Waals surface area contributed by atoms with Crippen LogP contribution in [-0.2, 0) is 16.8 Å². The largest absolute Gasteiger partial charge is 0.496 e. The molecule has 0 saturated carbocycles. The van der Waals surface area contributed by atoms with E-state index in [4.69, 9.17) is 9.47 Å². The van der Waals surface area contributed by atoms with Crippen molar-refractivity contribution in [3.63, 3.8) is 0 Å². The van der Waals surface area contributed by atoms with Crippen molar-refractivity contribution < 1.29 is 19.4 Å². The Kier molecular flexibility index (Phi) is 5.67. The number of carbonyl (C=O) groups is 1. The fourth-order valence-electron chi connectivity index (χ4n) is 6.23. The van der Waals surface area contributed by atoms with Gasteiger partial charge in [0.15, 0.2) is 0 Å². The maximum atomic E-state index is 11.4. The molecule has 5 rings (SSSR count). The van der Waals surface area contributed by atoms with Gasteiger partial charge in [0, 0.05) is 47.4 Å². The second-order valence-electron chi connectivity index (χ2n) is 9.39.